The third-order valence-corrected chi connectivity index (χ3v) is 10.3. The van der Waals surface area contributed by atoms with E-state index in [9.17, 15) is 9.90 Å². The summed E-state index contributed by atoms with van der Waals surface area (Å²) >= 11 is 0. The fraction of sp³-hybridized carbons (Fsp3) is 0.632. The van der Waals surface area contributed by atoms with Gasteiger partial charge in [-0.05, 0) is 36.7 Å². The van der Waals surface area contributed by atoms with Crippen molar-refractivity contribution in [1.29, 1.82) is 0 Å². The Morgan fingerprint density at radius 3 is 2.67 bits per heavy atom. The molecule has 27 heavy (non-hydrogen) atoms. The van der Waals surface area contributed by atoms with Crippen LogP contribution in [0.5, 0.6) is 0 Å². The zero-order chi connectivity index (χ0) is 20.0. The minimum absolute atomic E-state index is 0.0297. The van der Waals surface area contributed by atoms with Crippen LogP contribution in [0.2, 0.25) is 18.1 Å². The molecule has 1 fully saturated rings. The van der Waals surface area contributed by atoms with Crippen molar-refractivity contribution in [2.24, 2.45) is 0 Å². The van der Waals surface area contributed by atoms with Crippen LogP contribution in [0.3, 0.4) is 0 Å². The molecule has 0 saturated carbocycles. The SMILES string of the molecule is CC[C@H]1O[C@@H](n2cnc3ncccc3c2=O)[C@H](O[Si](C)(C)C(C)(C)C)[C@@H]1O. The lowest BCUT2D eigenvalue weighted by Gasteiger charge is -2.40. The summed E-state index contributed by atoms with van der Waals surface area (Å²) in [5.74, 6) is 0. The standard InChI is InChI=1S/C19H29N3O4Si/c1-7-13-14(23)15(26-27(5,6)19(2,3)4)18(25-13)22-11-21-16-12(17(22)24)9-8-10-20-16/h8-11,13-15,18,23H,7H2,1-6H3/t13-,14-,15-,18-/m1/s1. The van der Waals surface area contributed by atoms with Gasteiger partial charge < -0.3 is 14.3 Å². The van der Waals surface area contributed by atoms with Gasteiger partial charge in [0.25, 0.3) is 5.56 Å². The average molecular weight is 392 g/mol. The van der Waals surface area contributed by atoms with Gasteiger partial charge in [0, 0.05) is 6.20 Å². The molecule has 0 spiro atoms. The maximum atomic E-state index is 13.0. The third kappa shape index (κ3) is 3.59. The molecular formula is C19H29N3O4Si. The van der Waals surface area contributed by atoms with Crippen LogP contribution in [0.15, 0.2) is 29.5 Å². The number of nitrogens with zero attached hydrogens (tertiary/aromatic N) is 3. The molecule has 2 aromatic heterocycles. The van der Waals surface area contributed by atoms with E-state index in [0.29, 0.717) is 17.5 Å². The van der Waals surface area contributed by atoms with E-state index in [1.54, 1.807) is 18.3 Å². The van der Waals surface area contributed by atoms with Crippen molar-refractivity contribution in [1.82, 2.24) is 14.5 Å². The van der Waals surface area contributed by atoms with Crippen molar-refractivity contribution in [2.45, 2.75) is 76.8 Å². The van der Waals surface area contributed by atoms with Crippen molar-refractivity contribution in [3.8, 4) is 0 Å². The normalized spacial score (nSPS) is 26.6. The summed E-state index contributed by atoms with van der Waals surface area (Å²) < 4.78 is 14.0. The van der Waals surface area contributed by atoms with Gasteiger partial charge in [-0.2, -0.15) is 0 Å². The zero-order valence-corrected chi connectivity index (χ0v) is 17.8. The molecule has 0 radical (unpaired) electrons. The van der Waals surface area contributed by atoms with Gasteiger partial charge in [0.2, 0.25) is 0 Å². The molecule has 0 aromatic carbocycles. The second-order valence-electron chi connectivity index (χ2n) is 8.64. The lowest BCUT2D eigenvalue weighted by atomic mass is 10.1. The summed E-state index contributed by atoms with van der Waals surface area (Å²) in [6, 6.07) is 3.40. The molecule has 1 aliphatic rings. The molecule has 3 rings (SSSR count). The highest BCUT2D eigenvalue weighted by Crippen LogP contribution is 2.42. The fourth-order valence-corrected chi connectivity index (χ4v) is 4.37. The first-order valence-corrected chi connectivity index (χ1v) is 12.3. The van der Waals surface area contributed by atoms with Crippen molar-refractivity contribution in [2.75, 3.05) is 0 Å². The van der Waals surface area contributed by atoms with Gasteiger partial charge in [0.05, 0.1) is 11.5 Å². The maximum Gasteiger partial charge on any atom is 0.265 e. The number of pyridine rings is 1. The van der Waals surface area contributed by atoms with E-state index in [1.807, 2.05) is 6.92 Å². The van der Waals surface area contributed by atoms with E-state index >= 15 is 0 Å². The van der Waals surface area contributed by atoms with Crippen molar-refractivity contribution in [3.05, 3.63) is 35.0 Å². The lowest BCUT2D eigenvalue weighted by molar-refractivity contribution is -0.0368. The number of fused-ring (bicyclic) bond motifs is 1. The van der Waals surface area contributed by atoms with Gasteiger partial charge in [0.15, 0.2) is 20.2 Å². The number of hydrogen-bond donors (Lipinski definition) is 1. The Labute approximate surface area is 160 Å². The van der Waals surface area contributed by atoms with Crippen LogP contribution < -0.4 is 5.56 Å². The molecule has 8 heteroatoms. The van der Waals surface area contributed by atoms with Gasteiger partial charge >= 0.3 is 0 Å². The Kier molecular flexibility index (Phi) is 5.28. The molecule has 1 saturated heterocycles. The highest BCUT2D eigenvalue weighted by atomic mass is 28.4. The number of hydrogen-bond acceptors (Lipinski definition) is 6. The smallest absolute Gasteiger partial charge is 0.265 e. The fourth-order valence-electron chi connectivity index (χ4n) is 3.08. The highest BCUT2D eigenvalue weighted by Gasteiger charge is 2.50. The van der Waals surface area contributed by atoms with Crippen LogP contribution in [0.1, 0.15) is 40.3 Å². The molecule has 4 atom stereocenters. The van der Waals surface area contributed by atoms with Crippen LogP contribution >= 0.6 is 0 Å². The van der Waals surface area contributed by atoms with Gasteiger partial charge in [-0.3, -0.25) is 9.36 Å². The number of rotatable bonds is 4. The molecule has 1 N–H and O–H groups in total. The van der Waals surface area contributed by atoms with Gasteiger partial charge in [-0.1, -0.05) is 27.7 Å². The second kappa shape index (κ2) is 7.09. The molecule has 0 bridgehead atoms. The largest absolute Gasteiger partial charge is 0.407 e. The Bertz CT molecular complexity index is 877. The van der Waals surface area contributed by atoms with E-state index < -0.39 is 26.8 Å². The Morgan fingerprint density at radius 1 is 1.33 bits per heavy atom. The number of aliphatic hydroxyl groups is 1. The van der Waals surface area contributed by atoms with E-state index in [4.69, 9.17) is 9.16 Å². The molecule has 7 nitrogen and oxygen atoms in total. The van der Waals surface area contributed by atoms with E-state index in [0.717, 1.165) is 0 Å². The van der Waals surface area contributed by atoms with E-state index in [-0.39, 0.29) is 16.7 Å². The molecular weight excluding hydrogens is 362 g/mol. The maximum absolute atomic E-state index is 13.0. The average Bonchev–Trinajstić information content (AvgIpc) is 2.90. The van der Waals surface area contributed by atoms with Crippen LogP contribution in [0.4, 0.5) is 0 Å². The summed E-state index contributed by atoms with van der Waals surface area (Å²) in [5, 5.41) is 11.2. The minimum Gasteiger partial charge on any atom is -0.407 e. The predicted octanol–water partition coefficient (Wildman–Crippen LogP) is 2.85. The third-order valence-electron chi connectivity index (χ3n) is 5.78. The summed E-state index contributed by atoms with van der Waals surface area (Å²) in [5.41, 5.74) is 0.150. The molecule has 148 valence electrons. The van der Waals surface area contributed by atoms with Crippen molar-refractivity contribution >= 4 is 19.4 Å². The topological polar surface area (TPSA) is 86.5 Å². The Balaban J connectivity index is 2.04. The zero-order valence-electron chi connectivity index (χ0n) is 16.8. The van der Waals surface area contributed by atoms with Crippen LogP contribution in [-0.2, 0) is 9.16 Å². The molecule has 2 aromatic rings. The van der Waals surface area contributed by atoms with E-state index in [1.165, 1.54) is 10.9 Å². The minimum atomic E-state index is -2.19. The van der Waals surface area contributed by atoms with Crippen molar-refractivity contribution in [3.63, 3.8) is 0 Å². The highest BCUT2D eigenvalue weighted by molar-refractivity contribution is 6.74. The van der Waals surface area contributed by atoms with Gasteiger partial charge in [-0.25, -0.2) is 9.97 Å². The molecule has 0 aliphatic carbocycles. The second-order valence-corrected chi connectivity index (χ2v) is 13.4. The molecule has 1 aliphatic heterocycles. The quantitative estimate of drug-likeness (QED) is 0.807. The monoisotopic (exact) mass is 391 g/mol. The number of ether oxygens (including phenoxy) is 1. The Morgan fingerprint density at radius 2 is 2.04 bits per heavy atom. The number of aromatic nitrogens is 3. The summed E-state index contributed by atoms with van der Waals surface area (Å²) in [6.45, 7) is 12.6. The van der Waals surface area contributed by atoms with Gasteiger partial charge in [0.1, 0.15) is 18.5 Å². The summed E-state index contributed by atoms with van der Waals surface area (Å²) in [7, 11) is -2.19. The van der Waals surface area contributed by atoms with E-state index in [2.05, 4.69) is 43.8 Å². The van der Waals surface area contributed by atoms with Crippen LogP contribution in [0, 0.1) is 0 Å². The van der Waals surface area contributed by atoms with Crippen LogP contribution in [-0.4, -0.2) is 46.3 Å². The van der Waals surface area contributed by atoms with Crippen molar-refractivity contribution < 1.29 is 14.3 Å². The first kappa shape index (κ1) is 20.1. The summed E-state index contributed by atoms with van der Waals surface area (Å²) in [4.78, 5) is 21.4. The number of aliphatic hydroxyl groups excluding tert-OH is 1. The molecule has 3 heterocycles. The first-order chi connectivity index (χ1) is 12.6. The van der Waals surface area contributed by atoms with Crippen LogP contribution in [0.25, 0.3) is 11.0 Å². The molecule has 0 unspecified atom stereocenters. The first-order valence-electron chi connectivity index (χ1n) is 9.40. The lowest BCUT2D eigenvalue weighted by Crippen LogP contribution is -2.49. The summed E-state index contributed by atoms with van der Waals surface area (Å²) in [6.07, 6.45) is 1.15. The molecule has 0 amide bonds. The van der Waals surface area contributed by atoms with Gasteiger partial charge in [-0.15, -0.1) is 0 Å². The predicted molar refractivity (Wildman–Crippen MR) is 106 cm³/mol. The Hall–Kier alpha value is -1.61.